The highest BCUT2D eigenvalue weighted by Gasteiger charge is 2.21. The fourth-order valence-corrected chi connectivity index (χ4v) is 3.42. The summed E-state index contributed by atoms with van der Waals surface area (Å²) in [6, 6.07) is 2.06. The van der Waals surface area contributed by atoms with E-state index >= 15 is 0 Å². The topological polar surface area (TPSA) is 22.4 Å². The molecule has 0 spiro atoms. The molecule has 1 aromatic rings. The summed E-state index contributed by atoms with van der Waals surface area (Å²) in [6.45, 7) is 6.76. The van der Waals surface area contributed by atoms with Crippen LogP contribution in [0.5, 0.6) is 0 Å². The van der Waals surface area contributed by atoms with Crippen molar-refractivity contribution < 1.29 is 8.84 Å². The van der Waals surface area contributed by atoms with Gasteiger partial charge in [0.2, 0.25) is 8.32 Å². The Morgan fingerprint density at radius 3 is 2.89 bits per heavy atom. The SMILES string of the molecule is C[Si](C)(C)OC1=C[C@@H](CCc2ccoc2)CCC1. The largest absolute Gasteiger partial charge is 0.548 e. The van der Waals surface area contributed by atoms with Gasteiger partial charge in [0.05, 0.1) is 18.3 Å². The Kier molecular flexibility index (Phi) is 4.33. The first-order valence-electron chi connectivity index (χ1n) is 6.94. The van der Waals surface area contributed by atoms with Crippen molar-refractivity contribution in [2.45, 2.75) is 51.7 Å². The van der Waals surface area contributed by atoms with Gasteiger partial charge in [0.1, 0.15) is 0 Å². The summed E-state index contributed by atoms with van der Waals surface area (Å²) in [5.74, 6) is 1.93. The molecule has 2 nitrogen and oxygen atoms in total. The van der Waals surface area contributed by atoms with E-state index in [-0.39, 0.29) is 0 Å². The highest BCUT2D eigenvalue weighted by Crippen LogP contribution is 2.28. The van der Waals surface area contributed by atoms with E-state index in [4.69, 9.17) is 8.84 Å². The first kappa shape index (κ1) is 13.5. The molecule has 2 rings (SSSR count). The zero-order valence-electron chi connectivity index (χ0n) is 11.7. The molecule has 100 valence electrons. The first-order valence-corrected chi connectivity index (χ1v) is 10.3. The molecule has 0 saturated carbocycles. The van der Waals surface area contributed by atoms with Crippen molar-refractivity contribution in [3.8, 4) is 0 Å². The fourth-order valence-electron chi connectivity index (χ4n) is 2.46. The predicted molar refractivity (Wildman–Crippen MR) is 76.9 cm³/mol. The Hall–Kier alpha value is -0.963. The molecule has 0 fully saturated rings. The first-order chi connectivity index (χ1) is 8.53. The van der Waals surface area contributed by atoms with E-state index in [1.54, 1.807) is 6.26 Å². The second-order valence-corrected chi connectivity index (χ2v) is 10.6. The number of hydrogen-bond acceptors (Lipinski definition) is 2. The lowest BCUT2D eigenvalue weighted by molar-refractivity contribution is 0.352. The zero-order chi connectivity index (χ0) is 13.0. The second-order valence-electron chi connectivity index (χ2n) is 6.17. The van der Waals surface area contributed by atoms with Crippen LogP contribution in [-0.4, -0.2) is 8.32 Å². The van der Waals surface area contributed by atoms with Crippen LogP contribution in [0, 0.1) is 5.92 Å². The summed E-state index contributed by atoms with van der Waals surface area (Å²) < 4.78 is 11.2. The third-order valence-electron chi connectivity index (χ3n) is 3.24. The van der Waals surface area contributed by atoms with Crippen molar-refractivity contribution in [2.24, 2.45) is 5.92 Å². The van der Waals surface area contributed by atoms with Crippen LogP contribution in [-0.2, 0) is 10.8 Å². The van der Waals surface area contributed by atoms with Crippen LogP contribution in [0.3, 0.4) is 0 Å². The Bertz CT molecular complexity index is 387. The number of rotatable bonds is 5. The maximum Gasteiger partial charge on any atom is 0.241 e. The van der Waals surface area contributed by atoms with Crippen molar-refractivity contribution in [1.29, 1.82) is 0 Å². The predicted octanol–water partition coefficient (Wildman–Crippen LogP) is 4.75. The van der Waals surface area contributed by atoms with Crippen LogP contribution < -0.4 is 0 Å². The molecule has 1 atom stereocenters. The van der Waals surface area contributed by atoms with Gasteiger partial charge >= 0.3 is 0 Å². The molecule has 0 aromatic carbocycles. The Morgan fingerprint density at radius 1 is 1.39 bits per heavy atom. The van der Waals surface area contributed by atoms with Crippen LogP contribution in [0.2, 0.25) is 19.6 Å². The molecule has 3 heteroatoms. The molecule has 1 heterocycles. The quantitative estimate of drug-likeness (QED) is 0.716. The minimum atomic E-state index is -1.43. The third-order valence-corrected chi connectivity index (χ3v) is 4.12. The van der Waals surface area contributed by atoms with Gasteiger partial charge in [0.15, 0.2) is 0 Å². The zero-order valence-corrected chi connectivity index (χ0v) is 12.7. The molecular weight excluding hydrogens is 240 g/mol. The Balaban J connectivity index is 1.87. The highest BCUT2D eigenvalue weighted by atomic mass is 28.4. The van der Waals surface area contributed by atoms with Gasteiger partial charge in [-0.15, -0.1) is 0 Å². The molecule has 1 aliphatic carbocycles. The monoisotopic (exact) mass is 264 g/mol. The van der Waals surface area contributed by atoms with Crippen LogP contribution in [0.25, 0.3) is 0 Å². The molecule has 0 radical (unpaired) electrons. The van der Waals surface area contributed by atoms with E-state index in [0.717, 1.165) is 12.8 Å². The average Bonchev–Trinajstić information content (AvgIpc) is 2.77. The number of aryl methyl sites for hydroxylation is 1. The summed E-state index contributed by atoms with van der Waals surface area (Å²) in [6.07, 6.45) is 12.0. The maximum atomic E-state index is 6.13. The maximum absolute atomic E-state index is 6.13. The molecule has 18 heavy (non-hydrogen) atoms. The van der Waals surface area contributed by atoms with Gasteiger partial charge in [-0.05, 0) is 68.9 Å². The lowest BCUT2D eigenvalue weighted by Crippen LogP contribution is -2.26. The molecule has 0 unspecified atom stereocenters. The van der Waals surface area contributed by atoms with Crippen molar-refractivity contribution in [1.82, 2.24) is 0 Å². The summed E-state index contributed by atoms with van der Waals surface area (Å²) in [5.41, 5.74) is 1.31. The van der Waals surface area contributed by atoms with E-state index in [2.05, 4.69) is 31.8 Å². The van der Waals surface area contributed by atoms with Crippen molar-refractivity contribution in [2.75, 3.05) is 0 Å². The molecule has 0 amide bonds. The molecule has 1 aromatic heterocycles. The standard InChI is InChI=1S/C15H24O2Si/c1-18(2,3)17-15-6-4-5-13(11-15)7-8-14-9-10-16-12-14/h9-13H,4-8H2,1-3H3/t13-/m1/s1. The summed E-state index contributed by atoms with van der Waals surface area (Å²) in [4.78, 5) is 0. The Labute approximate surface area is 111 Å². The van der Waals surface area contributed by atoms with E-state index < -0.39 is 8.32 Å². The summed E-state index contributed by atoms with van der Waals surface area (Å²) >= 11 is 0. The summed E-state index contributed by atoms with van der Waals surface area (Å²) in [5, 5.41) is 0. The molecular formula is C15H24O2Si. The second kappa shape index (κ2) is 5.78. The van der Waals surface area contributed by atoms with E-state index in [9.17, 15) is 0 Å². The lowest BCUT2D eigenvalue weighted by Gasteiger charge is -2.27. The normalized spacial score (nSPS) is 20.6. The van der Waals surface area contributed by atoms with Crippen molar-refractivity contribution >= 4 is 8.32 Å². The lowest BCUT2D eigenvalue weighted by atomic mass is 9.90. The van der Waals surface area contributed by atoms with Gasteiger partial charge in [-0.3, -0.25) is 0 Å². The molecule has 0 N–H and O–H groups in total. The third kappa shape index (κ3) is 4.37. The number of furan rings is 1. The molecule has 0 bridgehead atoms. The van der Waals surface area contributed by atoms with Gasteiger partial charge in [-0.2, -0.15) is 0 Å². The van der Waals surface area contributed by atoms with Crippen molar-refractivity contribution in [3.05, 3.63) is 36.0 Å². The summed E-state index contributed by atoms with van der Waals surface area (Å²) in [7, 11) is -1.43. The minimum Gasteiger partial charge on any atom is -0.548 e. The Morgan fingerprint density at radius 2 is 2.22 bits per heavy atom. The molecule has 0 saturated heterocycles. The number of allylic oxidation sites excluding steroid dienone is 2. The van der Waals surface area contributed by atoms with Crippen LogP contribution in [0.15, 0.2) is 34.8 Å². The van der Waals surface area contributed by atoms with Gasteiger partial charge in [-0.25, -0.2) is 0 Å². The van der Waals surface area contributed by atoms with E-state index in [1.807, 2.05) is 6.26 Å². The smallest absolute Gasteiger partial charge is 0.241 e. The fraction of sp³-hybridized carbons (Fsp3) is 0.600. The molecule has 1 aliphatic rings. The average molecular weight is 264 g/mol. The minimum absolute atomic E-state index is 0.681. The van der Waals surface area contributed by atoms with Gasteiger partial charge in [-0.1, -0.05) is 0 Å². The number of hydrogen-bond donors (Lipinski definition) is 0. The van der Waals surface area contributed by atoms with Gasteiger partial charge in [0.25, 0.3) is 0 Å². The highest BCUT2D eigenvalue weighted by molar-refractivity contribution is 6.70. The van der Waals surface area contributed by atoms with E-state index in [1.165, 1.54) is 30.6 Å². The van der Waals surface area contributed by atoms with Gasteiger partial charge in [0, 0.05) is 6.42 Å². The van der Waals surface area contributed by atoms with E-state index in [0.29, 0.717) is 5.92 Å². The van der Waals surface area contributed by atoms with Crippen LogP contribution >= 0.6 is 0 Å². The molecule has 0 aliphatic heterocycles. The van der Waals surface area contributed by atoms with Crippen LogP contribution in [0.4, 0.5) is 0 Å². The van der Waals surface area contributed by atoms with Crippen LogP contribution in [0.1, 0.15) is 31.2 Å². The van der Waals surface area contributed by atoms with Gasteiger partial charge < -0.3 is 8.84 Å². The van der Waals surface area contributed by atoms with Crippen molar-refractivity contribution in [3.63, 3.8) is 0 Å².